The largest absolute Gasteiger partial charge is 0.497 e. The van der Waals surface area contributed by atoms with Gasteiger partial charge < -0.3 is 15.2 Å². The van der Waals surface area contributed by atoms with Gasteiger partial charge in [-0.25, -0.2) is 0 Å². The van der Waals surface area contributed by atoms with Crippen LogP contribution in [0.3, 0.4) is 0 Å². The van der Waals surface area contributed by atoms with Crippen LogP contribution in [-0.4, -0.2) is 18.8 Å². The van der Waals surface area contributed by atoms with Crippen molar-refractivity contribution in [2.24, 2.45) is 0 Å². The number of anilines is 1. The number of benzene rings is 2. The Morgan fingerprint density at radius 1 is 1.20 bits per heavy atom. The molecule has 2 aromatic carbocycles. The predicted octanol–water partition coefficient (Wildman–Crippen LogP) is 3.91. The van der Waals surface area contributed by atoms with Gasteiger partial charge in [0.05, 0.1) is 13.2 Å². The van der Waals surface area contributed by atoms with Crippen molar-refractivity contribution in [3.8, 4) is 5.75 Å². The Kier molecular flexibility index (Phi) is 5.04. The van der Waals surface area contributed by atoms with Crippen molar-refractivity contribution < 1.29 is 9.84 Å². The van der Waals surface area contributed by atoms with E-state index in [2.05, 4.69) is 21.2 Å². The van der Waals surface area contributed by atoms with E-state index in [1.54, 1.807) is 7.11 Å². The molecule has 0 aliphatic heterocycles. The molecule has 0 aliphatic rings. The van der Waals surface area contributed by atoms with Crippen LogP contribution < -0.4 is 10.1 Å². The van der Waals surface area contributed by atoms with E-state index in [4.69, 9.17) is 4.74 Å². The van der Waals surface area contributed by atoms with Gasteiger partial charge in [-0.3, -0.25) is 0 Å². The first-order valence-electron chi connectivity index (χ1n) is 6.42. The first kappa shape index (κ1) is 14.9. The Balaban J connectivity index is 2.00. The lowest BCUT2D eigenvalue weighted by molar-refractivity contribution is 0.191. The molecular formula is C16H18BrNO2. The fourth-order valence-corrected chi connectivity index (χ4v) is 2.31. The van der Waals surface area contributed by atoms with Crippen LogP contribution in [0, 0.1) is 6.92 Å². The van der Waals surface area contributed by atoms with Crippen molar-refractivity contribution in [3.63, 3.8) is 0 Å². The molecule has 0 heterocycles. The minimum absolute atomic E-state index is 0.453. The summed E-state index contributed by atoms with van der Waals surface area (Å²) < 4.78 is 6.09. The summed E-state index contributed by atoms with van der Waals surface area (Å²) in [5.74, 6) is 0.787. The van der Waals surface area contributed by atoms with Crippen LogP contribution in [0.1, 0.15) is 17.2 Å². The minimum Gasteiger partial charge on any atom is -0.497 e. The second-order valence-corrected chi connectivity index (χ2v) is 5.51. The van der Waals surface area contributed by atoms with Crippen LogP contribution >= 0.6 is 15.9 Å². The first-order valence-corrected chi connectivity index (χ1v) is 7.21. The molecule has 3 nitrogen and oxygen atoms in total. The highest BCUT2D eigenvalue weighted by Crippen LogP contribution is 2.24. The zero-order valence-electron chi connectivity index (χ0n) is 11.6. The Morgan fingerprint density at radius 3 is 2.55 bits per heavy atom. The molecule has 0 aliphatic carbocycles. The lowest BCUT2D eigenvalue weighted by Crippen LogP contribution is -2.12. The van der Waals surface area contributed by atoms with E-state index in [9.17, 15) is 5.11 Å². The van der Waals surface area contributed by atoms with E-state index in [1.165, 1.54) is 5.56 Å². The molecule has 2 rings (SSSR count). The summed E-state index contributed by atoms with van der Waals surface area (Å²) in [5, 5.41) is 13.4. The Hall–Kier alpha value is -1.52. The summed E-state index contributed by atoms with van der Waals surface area (Å²) >= 11 is 3.50. The molecule has 2 N–H and O–H groups in total. The molecule has 4 heteroatoms. The maximum atomic E-state index is 10.2. The number of hydrogen-bond acceptors (Lipinski definition) is 3. The van der Waals surface area contributed by atoms with Crippen LogP contribution in [0.15, 0.2) is 46.9 Å². The van der Waals surface area contributed by atoms with Gasteiger partial charge in [0.1, 0.15) is 5.75 Å². The third-order valence-electron chi connectivity index (χ3n) is 3.11. The Bertz CT molecular complexity index is 569. The minimum atomic E-state index is -0.562. The van der Waals surface area contributed by atoms with Gasteiger partial charge in [0, 0.05) is 16.7 Å². The molecule has 0 bridgehead atoms. The lowest BCUT2D eigenvalue weighted by atomic mass is 10.1. The summed E-state index contributed by atoms with van der Waals surface area (Å²) in [5.41, 5.74) is 3.02. The molecule has 1 unspecified atom stereocenters. The highest BCUT2D eigenvalue weighted by Gasteiger charge is 2.08. The van der Waals surface area contributed by atoms with Gasteiger partial charge in [-0.05, 0) is 58.2 Å². The van der Waals surface area contributed by atoms with E-state index in [-0.39, 0.29) is 0 Å². The SMILES string of the molecule is COc1ccc(C(O)CNc2cc(C)ccc2Br)cc1. The standard InChI is InChI=1S/C16H18BrNO2/c1-11-3-8-14(17)15(9-11)18-10-16(19)12-4-6-13(20-2)7-5-12/h3-9,16,18-19H,10H2,1-2H3. The molecule has 2 aromatic rings. The average molecular weight is 336 g/mol. The number of aryl methyl sites for hydroxylation is 1. The smallest absolute Gasteiger partial charge is 0.118 e. The van der Waals surface area contributed by atoms with E-state index < -0.39 is 6.10 Å². The predicted molar refractivity (Wildman–Crippen MR) is 85.3 cm³/mol. The molecule has 1 atom stereocenters. The number of ether oxygens (including phenoxy) is 1. The van der Waals surface area contributed by atoms with Crippen LogP contribution in [0.5, 0.6) is 5.75 Å². The van der Waals surface area contributed by atoms with Crippen LogP contribution in [0.4, 0.5) is 5.69 Å². The third kappa shape index (κ3) is 3.74. The summed E-state index contributed by atoms with van der Waals surface area (Å²) in [6.07, 6.45) is -0.562. The topological polar surface area (TPSA) is 41.5 Å². The number of aliphatic hydroxyl groups is 1. The van der Waals surface area contributed by atoms with Crippen molar-refractivity contribution >= 4 is 21.6 Å². The van der Waals surface area contributed by atoms with Crippen molar-refractivity contribution in [2.45, 2.75) is 13.0 Å². The number of hydrogen-bond donors (Lipinski definition) is 2. The van der Waals surface area contributed by atoms with Crippen molar-refractivity contribution in [1.29, 1.82) is 0 Å². The first-order chi connectivity index (χ1) is 9.60. The Morgan fingerprint density at radius 2 is 1.90 bits per heavy atom. The van der Waals surface area contributed by atoms with Crippen LogP contribution in [0.2, 0.25) is 0 Å². The van der Waals surface area contributed by atoms with Gasteiger partial charge in [0.25, 0.3) is 0 Å². The molecular weight excluding hydrogens is 318 g/mol. The maximum Gasteiger partial charge on any atom is 0.118 e. The van der Waals surface area contributed by atoms with Gasteiger partial charge in [-0.15, -0.1) is 0 Å². The molecule has 0 saturated heterocycles. The lowest BCUT2D eigenvalue weighted by Gasteiger charge is -2.15. The molecule has 0 spiro atoms. The highest BCUT2D eigenvalue weighted by molar-refractivity contribution is 9.10. The number of rotatable bonds is 5. The van der Waals surface area contributed by atoms with E-state index in [0.717, 1.165) is 21.5 Å². The zero-order chi connectivity index (χ0) is 14.5. The van der Waals surface area contributed by atoms with Crippen molar-refractivity contribution in [3.05, 3.63) is 58.1 Å². The molecule has 0 radical (unpaired) electrons. The van der Waals surface area contributed by atoms with E-state index >= 15 is 0 Å². The van der Waals surface area contributed by atoms with Gasteiger partial charge in [0.15, 0.2) is 0 Å². The summed E-state index contributed by atoms with van der Waals surface area (Å²) in [4.78, 5) is 0. The number of aliphatic hydroxyl groups excluding tert-OH is 1. The number of halogens is 1. The fraction of sp³-hybridized carbons (Fsp3) is 0.250. The zero-order valence-corrected chi connectivity index (χ0v) is 13.1. The molecule has 20 heavy (non-hydrogen) atoms. The molecule has 0 aromatic heterocycles. The molecule has 0 saturated carbocycles. The second-order valence-electron chi connectivity index (χ2n) is 4.65. The number of methoxy groups -OCH3 is 1. The maximum absolute atomic E-state index is 10.2. The highest BCUT2D eigenvalue weighted by atomic mass is 79.9. The van der Waals surface area contributed by atoms with Crippen molar-refractivity contribution in [2.75, 3.05) is 19.0 Å². The second kappa shape index (κ2) is 6.77. The Labute approximate surface area is 127 Å². The molecule has 106 valence electrons. The van der Waals surface area contributed by atoms with Gasteiger partial charge in [-0.2, -0.15) is 0 Å². The van der Waals surface area contributed by atoms with E-state index in [0.29, 0.717) is 6.54 Å². The normalized spacial score (nSPS) is 12.0. The van der Waals surface area contributed by atoms with Gasteiger partial charge >= 0.3 is 0 Å². The number of nitrogens with one attached hydrogen (secondary N) is 1. The monoisotopic (exact) mass is 335 g/mol. The van der Waals surface area contributed by atoms with Crippen LogP contribution in [-0.2, 0) is 0 Å². The van der Waals surface area contributed by atoms with Crippen LogP contribution in [0.25, 0.3) is 0 Å². The van der Waals surface area contributed by atoms with Gasteiger partial charge in [-0.1, -0.05) is 18.2 Å². The quantitative estimate of drug-likeness (QED) is 0.870. The summed E-state index contributed by atoms with van der Waals surface area (Å²) in [6, 6.07) is 13.5. The summed E-state index contributed by atoms with van der Waals surface area (Å²) in [6.45, 7) is 2.49. The molecule has 0 amide bonds. The average Bonchev–Trinajstić information content (AvgIpc) is 2.48. The molecule has 0 fully saturated rings. The third-order valence-corrected chi connectivity index (χ3v) is 3.80. The fourth-order valence-electron chi connectivity index (χ4n) is 1.93. The summed E-state index contributed by atoms with van der Waals surface area (Å²) in [7, 11) is 1.63. The van der Waals surface area contributed by atoms with E-state index in [1.807, 2.05) is 49.4 Å². The van der Waals surface area contributed by atoms with Crippen molar-refractivity contribution in [1.82, 2.24) is 0 Å². The van der Waals surface area contributed by atoms with Gasteiger partial charge in [0.2, 0.25) is 0 Å².